The number of hydrogen-bond acceptors (Lipinski definition) is 3. The fourth-order valence-corrected chi connectivity index (χ4v) is 2.51. The quantitative estimate of drug-likeness (QED) is 0.860. The number of rotatable bonds is 6. The van der Waals surface area contributed by atoms with Gasteiger partial charge in [0.05, 0.1) is 17.8 Å². The Hall–Kier alpha value is -2.14. The van der Waals surface area contributed by atoms with Crippen LogP contribution in [-0.2, 0) is 13.0 Å². The van der Waals surface area contributed by atoms with Crippen molar-refractivity contribution in [2.45, 2.75) is 45.8 Å². The standard InChI is InChI=1S/C17H22N2O3/c1-4-8-13-18-14(16(20)21)15(12-9-6-5-7-10-12)19(13)11-17(2,3)22/h5-7,9-10,22H,4,8,11H2,1-3H3,(H,20,21). The molecule has 0 radical (unpaired) electrons. The van der Waals surface area contributed by atoms with Gasteiger partial charge < -0.3 is 14.8 Å². The van der Waals surface area contributed by atoms with Gasteiger partial charge in [-0.05, 0) is 20.3 Å². The normalized spacial score (nSPS) is 11.6. The van der Waals surface area contributed by atoms with Gasteiger partial charge in [0.1, 0.15) is 5.82 Å². The van der Waals surface area contributed by atoms with Crippen molar-refractivity contribution < 1.29 is 15.0 Å². The monoisotopic (exact) mass is 302 g/mol. The number of aromatic carboxylic acids is 1. The number of nitrogens with zero attached hydrogens (tertiary/aromatic N) is 2. The Bertz CT molecular complexity index is 655. The van der Waals surface area contributed by atoms with Gasteiger partial charge in [-0.2, -0.15) is 0 Å². The minimum Gasteiger partial charge on any atom is -0.476 e. The van der Waals surface area contributed by atoms with E-state index in [1.54, 1.807) is 13.8 Å². The van der Waals surface area contributed by atoms with E-state index in [9.17, 15) is 15.0 Å². The van der Waals surface area contributed by atoms with E-state index in [1.807, 2.05) is 41.8 Å². The van der Waals surface area contributed by atoms with Crippen LogP contribution in [0.25, 0.3) is 11.3 Å². The summed E-state index contributed by atoms with van der Waals surface area (Å²) >= 11 is 0. The third kappa shape index (κ3) is 3.54. The van der Waals surface area contributed by atoms with Gasteiger partial charge in [-0.15, -0.1) is 0 Å². The highest BCUT2D eigenvalue weighted by molar-refractivity contribution is 5.93. The molecule has 2 N–H and O–H groups in total. The van der Waals surface area contributed by atoms with Gasteiger partial charge in [0, 0.05) is 12.0 Å². The van der Waals surface area contributed by atoms with Crippen molar-refractivity contribution >= 4 is 5.97 Å². The molecule has 0 saturated heterocycles. The smallest absolute Gasteiger partial charge is 0.356 e. The summed E-state index contributed by atoms with van der Waals surface area (Å²) in [5.41, 5.74) is 0.430. The molecule has 0 aliphatic rings. The summed E-state index contributed by atoms with van der Waals surface area (Å²) in [6, 6.07) is 9.33. The number of benzene rings is 1. The summed E-state index contributed by atoms with van der Waals surface area (Å²) in [5, 5.41) is 19.7. The lowest BCUT2D eigenvalue weighted by atomic mass is 10.1. The SMILES string of the molecule is CCCc1nc(C(=O)O)c(-c2ccccc2)n1CC(C)(C)O. The third-order valence-corrected chi connectivity index (χ3v) is 3.32. The van der Waals surface area contributed by atoms with E-state index in [2.05, 4.69) is 4.98 Å². The van der Waals surface area contributed by atoms with E-state index in [-0.39, 0.29) is 5.69 Å². The second kappa shape index (κ2) is 6.32. The first kappa shape index (κ1) is 16.2. The highest BCUT2D eigenvalue weighted by Gasteiger charge is 2.26. The second-order valence-electron chi connectivity index (χ2n) is 6.05. The zero-order valence-corrected chi connectivity index (χ0v) is 13.2. The van der Waals surface area contributed by atoms with Crippen molar-refractivity contribution in [3.63, 3.8) is 0 Å². The molecule has 1 aromatic carbocycles. The number of aryl methyl sites for hydroxylation is 1. The lowest BCUT2D eigenvalue weighted by molar-refractivity contribution is 0.0606. The Morgan fingerprint density at radius 3 is 2.41 bits per heavy atom. The van der Waals surface area contributed by atoms with Crippen molar-refractivity contribution in [1.29, 1.82) is 0 Å². The van der Waals surface area contributed by atoms with Crippen LogP contribution < -0.4 is 0 Å². The van der Waals surface area contributed by atoms with Gasteiger partial charge in [-0.25, -0.2) is 9.78 Å². The zero-order chi connectivity index (χ0) is 16.3. The summed E-state index contributed by atoms with van der Waals surface area (Å²) in [5.74, 6) is -0.355. The molecule has 0 fully saturated rings. The van der Waals surface area contributed by atoms with Gasteiger partial charge in [-0.3, -0.25) is 0 Å². The van der Waals surface area contributed by atoms with E-state index >= 15 is 0 Å². The third-order valence-electron chi connectivity index (χ3n) is 3.32. The summed E-state index contributed by atoms with van der Waals surface area (Å²) in [6.07, 6.45) is 1.53. The van der Waals surface area contributed by atoms with E-state index in [1.165, 1.54) is 0 Å². The van der Waals surface area contributed by atoms with Crippen molar-refractivity contribution in [2.75, 3.05) is 0 Å². The van der Waals surface area contributed by atoms with Crippen LogP contribution in [0.1, 0.15) is 43.5 Å². The fourth-order valence-electron chi connectivity index (χ4n) is 2.51. The Morgan fingerprint density at radius 2 is 1.91 bits per heavy atom. The number of imidazole rings is 1. The maximum absolute atomic E-state index is 11.6. The molecule has 0 spiro atoms. The fraction of sp³-hybridized carbons (Fsp3) is 0.412. The van der Waals surface area contributed by atoms with Gasteiger partial charge in [0.2, 0.25) is 0 Å². The molecule has 2 rings (SSSR count). The molecule has 22 heavy (non-hydrogen) atoms. The molecule has 2 aromatic rings. The van der Waals surface area contributed by atoms with Crippen LogP contribution in [0.3, 0.4) is 0 Å². The van der Waals surface area contributed by atoms with Crippen LogP contribution in [0.5, 0.6) is 0 Å². The topological polar surface area (TPSA) is 75.3 Å². The number of hydrogen-bond donors (Lipinski definition) is 2. The first-order valence-electron chi connectivity index (χ1n) is 7.44. The van der Waals surface area contributed by atoms with Crippen LogP contribution in [0, 0.1) is 0 Å². The van der Waals surface area contributed by atoms with Crippen LogP contribution in [0.2, 0.25) is 0 Å². The predicted molar refractivity (Wildman–Crippen MR) is 84.9 cm³/mol. The van der Waals surface area contributed by atoms with Crippen molar-refractivity contribution in [2.24, 2.45) is 0 Å². The van der Waals surface area contributed by atoms with Crippen molar-refractivity contribution in [3.05, 3.63) is 41.9 Å². The molecule has 0 atom stereocenters. The molecule has 0 bridgehead atoms. The summed E-state index contributed by atoms with van der Waals surface area (Å²) < 4.78 is 1.84. The molecular formula is C17H22N2O3. The molecule has 5 heteroatoms. The maximum atomic E-state index is 11.6. The van der Waals surface area contributed by atoms with Crippen LogP contribution in [0.15, 0.2) is 30.3 Å². The molecule has 5 nitrogen and oxygen atoms in total. The molecule has 0 saturated carbocycles. The first-order valence-corrected chi connectivity index (χ1v) is 7.44. The van der Waals surface area contributed by atoms with Crippen molar-refractivity contribution in [3.8, 4) is 11.3 Å². The number of aromatic nitrogens is 2. The first-order chi connectivity index (χ1) is 10.3. The molecule has 0 aliphatic carbocycles. The van der Waals surface area contributed by atoms with Crippen LogP contribution in [0.4, 0.5) is 0 Å². The van der Waals surface area contributed by atoms with E-state index in [0.717, 1.165) is 12.0 Å². The number of carbonyl (C=O) groups is 1. The molecule has 0 unspecified atom stereocenters. The Morgan fingerprint density at radius 1 is 1.27 bits per heavy atom. The van der Waals surface area contributed by atoms with Gasteiger partial charge >= 0.3 is 5.97 Å². The Labute approximate surface area is 130 Å². The minimum atomic E-state index is -1.05. The maximum Gasteiger partial charge on any atom is 0.356 e. The average molecular weight is 302 g/mol. The Balaban J connectivity index is 2.68. The molecular weight excluding hydrogens is 280 g/mol. The van der Waals surface area contributed by atoms with E-state index < -0.39 is 11.6 Å². The van der Waals surface area contributed by atoms with Crippen LogP contribution in [-0.4, -0.2) is 31.3 Å². The van der Waals surface area contributed by atoms with E-state index in [0.29, 0.717) is 24.5 Å². The summed E-state index contributed by atoms with van der Waals surface area (Å²) in [6.45, 7) is 5.73. The average Bonchev–Trinajstić information content (AvgIpc) is 2.77. The zero-order valence-electron chi connectivity index (χ0n) is 13.2. The molecule has 1 heterocycles. The van der Waals surface area contributed by atoms with Gasteiger partial charge in [0.15, 0.2) is 5.69 Å². The van der Waals surface area contributed by atoms with E-state index in [4.69, 9.17) is 0 Å². The molecule has 0 amide bonds. The van der Waals surface area contributed by atoms with Crippen molar-refractivity contribution in [1.82, 2.24) is 9.55 Å². The summed E-state index contributed by atoms with van der Waals surface area (Å²) in [7, 11) is 0. The second-order valence-corrected chi connectivity index (χ2v) is 6.05. The lowest BCUT2D eigenvalue weighted by Crippen LogP contribution is -2.27. The lowest BCUT2D eigenvalue weighted by Gasteiger charge is -2.21. The highest BCUT2D eigenvalue weighted by atomic mass is 16.4. The molecule has 0 aliphatic heterocycles. The van der Waals surface area contributed by atoms with Gasteiger partial charge in [0.25, 0.3) is 0 Å². The largest absolute Gasteiger partial charge is 0.476 e. The minimum absolute atomic E-state index is 0.0406. The number of carboxylic acid groups (broad SMARTS) is 1. The van der Waals surface area contributed by atoms with Gasteiger partial charge in [-0.1, -0.05) is 37.3 Å². The van der Waals surface area contributed by atoms with Crippen LogP contribution >= 0.6 is 0 Å². The number of aliphatic hydroxyl groups is 1. The number of carboxylic acids is 1. The molecule has 1 aromatic heterocycles. The summed E-state index contributed by atoms with van der Waals surface area (Å²) in [4.78, 5) is 15.9. The highest BCUT2D eigenvalue weighted by Crippen LogP contribution is 2.27. The molecule has 118 valence electrons. The predicted octanol–water partition coefficient (Wildman–Crippen LogP) is 2.97. The Kier molecular flexibility index (Phi) is 4.66.